The molecule has 94 valence electrons. The summed E-state index contributed by atoms with van der Waals surface area (Å²) < 4.78 is 40.1. The molecule has 0 aromatic carbocycles. The third-order valence-corrected chi connectivity index (χ3v) is 1.69. The van der Waals surface area contributed by atoms with Gasteiger partial charge in [-0.15, -0.1) is 13.2 Å². The average Bonchev–Trinajstić information content (AvgIpc) is 2.47. The first kappa shape index (κ1) is 15.0. The summed E-state index contributed by atoms with van der Waals surface area (Å²) in [5, 5.41) is 0. The van der Waals surface area contributed by atoms with Crippen molar-refractivity contribution in [2.24, 2.45) is 0 Å². The van der Waals surface area contributed by atoms with Crippen LogP contribution in [0.3, 0.4) is 0 Å². The second-order valence-electron chi connectivity index (χ2n) is 2.92. The monoisotopic (exact) mass is 238 g/mol. The van der Waals surface area contributed by atoms with E-state index in [0.717, 1.165) is 5.69 Å². The minimum absolute atomic E-state index is 0.159. The number of hydrogen-bond donors (Lipinski definition) is 0. The van der Waals surface area contributed by atoms with Crippen molar-refractivity contribution in [2.75, 3.05) is 6.61 Å². The molecule has 0 aliphatic heterocycles. The fraction of sp³-hybridized carbons (Fsp3) is 0.700. The van der Waals surface area contributed by atoms with E-state index in [1.54, 1.807) is 24.6 Å². The van der Waals surface area contributed by atoms with Gasteiger partial charge in [-0.1, -0.05) is 13.8 Å². The molecule has 0 aliphatic carbocycles. The third kappa shape index (κ3) is 5.75. The summed E-state index contributed by atoms with van der Waals surface area (Å²) >= 11 is 0. The number of imidazole rings is 1. The molecular weight excluding hydrogens is 221 g/mol. The van der Waals surface area contributed by atoms with E-state index in [1.165, 1.54) is 0 Å². The molecule has 6 heteroatoms. The Morgan fingerprint density at radius 1 is 1.31 bits per heavy atom. The van der Waals surface area contributed by atoms with Crippen LogP contribution in [0.25, 0.3) is 0 Å². The second-order valence-corrected chi connectivity index (χ2v) is 2.92. The van der Waals surface area contributed by atoms with Gasteiger partial charge < -0.3 is 4.57 Å². The smallest absolute Gasteiger partial charge is 0.333 e. The van der Waals surface area contributed by atoms with Crippen LogP contribution in [-0.2, 0) is 11.3 Å². The van der Waals surface area contributed by atoms with Crippen LogP contribution < -0.4 is 0 Å². The van der Waals surface area contributed by atoms with Crippen LogP contribution >= 0.6 is 0 Å². The summed E-state index contributed by atoms with van der Waals surface area (Å²) in [5.74, 6) is 0.688. The van der Waals surface area contributed by atoms with Crippen LogP contribution in [0.1, 0.15) is 25.4 Å². The predicted molar refractivity (Wildman–Crippen MR) is 55.1 cm³/mol. The van der Waals surface area contributed by atoms with E-state index in [2.05, 4.69) is 9.72 Å². The van der Waals surface area contributed by atoms with Gasteiger partial charge in [-0.2, -0.15) is 0 Å². The zero-order valence-corrected chi connectivity index (χ0v) is 9.93. The van der Waals surface area contributed by atoms with E-state index in [-0.39, 0.29) is 13.2 Å². The number of hydrogen-bond acceptors (Lipinski definition) is 2. The van der Waals surface area contributed by atoms with Gasteiger partial charge >= 0.3 is 6.36 Å². The Balaban J connectivity index is 0.00000106. The third-order valence-electron chi connectivity index (χ3n) is 1.69. The van der Waals surface area contributed by atoms with Crippen molar-refractivity contribution in [3.05, 3.63) is 17.7 Å². The van der Waals surface area contributed by atoms with Gasteiger partial charge in [0.25, 0.3) is 0 Å². The van der Waals surface area contributed by atoms with Crippen LogP contribution in [0, 0.1) is 13.8 Å². The van der Waals surface area contributed by atoms with Gasteiger partial charge in [0.05, 0.1) is 12.3 Å². The average molecular weight is 238 g/mol. The fourth-order valence-electron chi connectivity index (χ4n) is 1.15. The first-order valence-electron chi connectivity index (χ1n) is 5.09. The molecule has 3 nitrogen and oxygen atoms in total. The molecule has 0 N–H and O–H groups in total. The zero-order chi connectivity index (χ0) is 12.8. The number of rotatable bonds is 3. The summed E-state index contributed by atoms with van der Waals surface area (Å²) in [6.07, 6.45) is -2.86. The molecule has 1 rings (SSSR count). The predicted octanol–water partition coefficient (Wildman–Crippen LogP) is 3.06. The van der Waals surface area contributed by atoms with E-state index in [1.807, 2.05) is 13.8 Å². The minimum Gasteiger partial charge on any atom is -0.333 e. The van der Waals surface area contributed by atoms with Crippen molar-refractivity contribution < 1.29 is 17.9 Å². The first-order valence-corrected chi connectivity index (χ1v) is 5.09. The fourth-order valence-corrected chi connectivity index (χ4v) is 1.15. The number of ether oxygens (including phenoxy) is 1. The van der Waals surface area contributed by atoms with Gasteiger partial charge in [-0.05, 0) is 13.8 Å². The summed E-state index contributed by atoms with van der Waals surface area (Å²) in [5.41, 5.74) is 0.787. The highest BCUT2D eigenvalue weighted by Gasteiger charge is 2.28. The van der Waals surface area contributed by atoms with Crippen molar-refractivity contribution in [1.82, 2.24) is 9.55 Å². The number of alkyl halides is 3. The molecule has 0 saturated heterocycles. The number of aromatic nitrogens is 2. The molecule has 1 aromatic rings. The molecule has 0 atom stereocenters. The molecule has 1 heterocycles. The minimum atomic E-state index is -4.55. The van der Waals surface area contributed by atoms with Gasteiger partial charge in [-0.3, -0.25) is 4.74 Å². The topological polar surface area (TPSA) is 27.1 Å². The molecule has 0 unspecified atom stereocenters. The second kappa shape index (κ2) is 6.52. The summed E-state index contributed by atoms with van der Waals surface area (Å²) in [7, 11) is 0. The Bertz CT molecular complexity index is 308. The molecule has 0 amide bonds. The molecule has 0 saturated carbocycles. The molecule has 0 radical (unpaired) electrons. The van der Waals surface area contributed by atoms with Crippen molar-refractivity contribution in [3.8, 4) is 0 Å². The molecule has 0 spiro atoms. The maximum absolute atomic E-state index is 11.6. The Morgan fingerprint density at radius 3 is 2.25 bits per heavy atom. The lowest BCUT2D eigenvalue weighted by Crippen LogP contribution is -2.17. The lowest BCUT2D eigenvalue weighted by molar-refractivity contribution is -0.325. The van der Waals surface area contributed by atoms with Gasteiger partial charge in [0.15, 0.2) is 0 Å². The highest BCUT2D eigenvalue weighted by Crippen LogP contribution is 2.16. The van der Waals surface area contributed by atoms with E-state index in [9.17, 15) is 13.2 Å². The van der Waals surface area contributed by atoms with E-state index in [4.69, 9.17) is 0 Å². The molecule has 16 heavy (non-hydrogen) atoms. The van der Waals surface area contributed by atoms with Crippen LogP contribution in [0.15, 0.2) is 6.20 Å². The maximum atomic E-state index is 11.6. The molecule has 0 bridgehead atoms. The van der Waals surface area contributed by atoms with E-state index < -0.39 is 6.36 Å². The highest BCUT2D eigenvalue weighted by molar-refractivity contribution is 4.99. The standard InChI is InChI=1S/C8H11F3N2O.C2H6/c1-6-5-13(7(2)12-6)3-4-14-8(9,10)11;1-2/h5H,3-4H2,1-2H3;1-2H3. The van der Waals surface area contributed by atoms with Crippen LogP contribution in [-0.4, -0.2) is 22.5 Å². The Morgan fingerprint density at radius 2 is 1.88 bits per heavy atom. The molecule has 1 aromatic heterocycles. The molecule has 0 aliphatic rings. The van der Waals surface area contributed by atoms with E-state index in [0.29, 0.717) is 5.82 Å². The Labute approximate surface area is 93.2 Å². The van der Waals surface area contributed by atoms with Crippen molar-refractivity contribution >= 4 is 0 Å². The van der Waals surface area contributed by atoms with Gasteiger partial charge in [0, 0.05) is 12.7 Å². The van der Waals surface area contributed by atoms with Gasteiger partial charge in [0.1, 0.15) is 5.82 Å². The highest BCUT2D eigenvalue weighted by atomic mass is 19.4. The molecule has 0 fully saturated rings. The van der Waals surface area contributed by atoms with E-state index >= 15 is 0 Å². The first-order chi connectivity index (χ1) is 7.38. The van der Waals surface area contributed by atoms with Crippen LogP contribution in [0.2, 0.25) is 0 Å². The Hall–Kier alpha value is -1.04. The SMILES string of the molecule is CC.Cc1cn(CCOC(F)(F)F)c(C)n1. The maximum Gasteiger partial charge on any atom is 0.522 e. The lowest BCUT2D eigenvalue weighted by Gasteiger charge is -2.08. The number of nitrogens with zero attached hydrogens (tertiary/aromatic N) is 2. The Kier molecular flexibility index (Phi) is 6.10. The van der Waals surface area contributed by atoms with Crippen molar-refractivity contribution in [3.63, 3.8) is 0 Å². The summed E-state index contributed by atoms with van der Waals surface area (Å²) in [6, 6.07) is 0. The van der Waals surface area contributed by atoms with Gasteiger partial charge in [-0.25, -0.2) is 4.98 Å². The summed E-state index contributed by atoms with van der Waals surface area (Å²) in [6.45, 7) is 7.29. The quantitative estimate of drug-likeness (QED) is 0.809. The lowest BCUT2D eigenvalue weighted by atomic mass is 10.5. The zero-order valence-electron chi connectivity index (χ0n) is 9.93. The van der Waals surface area contributed by atoms with Gasteiger partial charge in [0.2, 0.25) is 0 Å². The number of halogens is 3. The van der Waals surface area contributed by atoms with Crippen molar-refractivity contribution in [1.29, 1.82) is 0 Å². The van der Waals surface area contributed by atoms with Crippen LogP contribution in [0.4, 0.5) is 13.2 Å². The normalized spacial score (nSPS) is 10.9. The van der Waals surface area contributed by atoms with Crippen LogP contribution in [0.5, 0.6) is 0 Å². The summed E-state index contributed by atoms with van der Waals surface area (Å²) in [4.78, 5) is 4.05. The molecular formula is C10H17F3N2O. The van der Waals surface area contributed by atoms with Crippen molar-refractivity contribution in [2.45, 2.75) is 40.6 Å². The number of aryl methyl sites for hydroxylation is 2. The largest absolute Gasteiger partial charge is 0.522 e.